The maximum Gasteiger partial charge on any atom is 0.303 e. The number of fused-ring (bicyclic) bond motifs is 1. The molecular weight excluding hydrogens is 492 g/mol. The van der Waals surface area contributed by atoms with Crippen LogP contribution >= 0.6 is 0 Å². The summed E-state index contributed by atoms with van der Waals surface area (Å²) < 4.78 is 0. The number of hydrogen-bond donors (Lipinski definition) is 7. The molecule has 4 unspecified atom stereocenters. The SMILES string of the molecule is NC(=O)C(Cc1c[nH]c2ccccc12)NC(=O)C1=CC(NC(=O)CC2(CC(=O)O)CCCC2)C(O)C(O)C1. The topological polar surface area (TPSA) is 195 Å². The van der Waals surface area contributed by atoms with E-state index in [0.29, 0.717) is 12.8 Å². The summed E-state index contributed by atoms with van der Waals surface area (Å²) in [5, 5.41) is 36.4. The van der Waals surface area contributed by atoms with E-state index in [2.05, 4.69) is 15.6 Å². The van der Waals surface area contributed by atoms with Crippen LogP contribution in [0.25, 0.3) is 10.9 Å². The Labute approximate surface area is 219 Å². The Hall–Kier alpha value is -3.70. The van der Waals surface area contributed by atoms with Crippen LogP contribution < -0.4 is 16.4 Å². The first-order valence-corrected chi connectivity index (χ1v) is 12.8. The van der Waals surface area contributed by atoms with Crippen molar-refractivity contribution in [3.63, 3.8) is 0 Å². The van der Waals surface area contributed by atoms with Crippen molar-refractivity contribution in [2.45, 2.75) is 75.7 Å². The van der Waals surface area contributed by atoms with Crippen LogP contribution in [-0.2, 0) is 25.6 Å². The van der Waals surface area contributed by atoms with Crippen molar-refractivity contribution in [2.24, 2.45) is 11.1 Å². The molecule has 3 amide bonds. The van der Waals surface area contributed by atoms with Gasteiger partial charge in [-0.3, -0.25) is 19.2 Å². The van der Waals surface area contributed by atoms with Gasteiger partial charge in [-0.05, 0) is 29.9 Å². The third kappa shape index (κ3) is 6.22. The molecule has 0 radical (unpaired) electrons. The van der Waals surface area contributed by atoms with Crippen LogP contribution in [0, 0.1) is 5.41 Å². The molecule has 38 heavy (non-hydrogen) atoms. The summed E-state index contributed by atoms with van der Waals surface area (Å²) in [7, 11) is 0. The number of nitrogens with two attached hydrogens (primary N) is 1. The summed E-state index contributed by atoms with van der Waals surface area (Å²) in [6.45, 7) is 0. The van der Waals surface area contributed by atoms with E-state index in [1.807, 2.05) is 24.3 Å². The van der Waals surface area contributed by atoms with Crippen molar-refractivity contribution in [3.8, 4) is 0 Å². The number of aliphatic carboxylic acids is 1. The number of carboxylic acid groups (broad SMARTS) is 1. The van der Waals surface area contributed by atoms with Gasteiger partial charge in [0.2, 0.25) is 17.7 Å². The van der Waals surface area contributed by atoms with Crippen LogP contribution in [-0.4, -0.2) is 68.3 Å². The second kappa shape index (κ2) is 11.4. The lowest BCUT2D eigenvalue weighted by Gasteiger charge is -2.33. The molecule has 0 bridgehead atoms. The molecule has 0 aliphatic heterocycles. The molecule has 4 rings (SSSR count). The van der Waals surface area contributed by atoms with Crippen LogP contribution in [0.5, 0.6) is 0 Å². The number of aliphatic hydroxyl groups excluding tert-OH is 2. The number of para-hydroxylation sites is 1. The number of aromatic nitrogens is 1. The van der Waals surface area contributed by atoms with Crippen molar-refractivity contribution >= 4 is 34.6 Å². The van der Waals surface area contributed by atoms with Crippen LogP contribution in [0.1, 0.15) is 50.5 Å². The minimum atomic E-state index is -1.35. The van der Waals surface area contributed by atoms with Crippen LogP contribution in [0.3, 0.4) is 0 Å². The molecule has 8 N–H and O–H groups in total. The Morgan fingerprint density at radius 1 is 1.11 bits per heavy atom. The standard InChI is InChI=1S/C27H34N4O7/c28-25(37)20(10-16-14-29-18-6-2-1-5-17(16)18)31-26(38)15-9-19(24(36)21(32)11-15)30-22(33)12-27(13-23(34)35)7-3-4-8-27/h1-2,5-6,9,14,19-21,24,29,32,36H,3-4,7-8,10-13H2,(H2,28,37)(H,30,33)(H,31,38)(H,34,35). The largest absolute Gasteiger partial charge is 0.481 e. The zero-order chi connectivity index (χ0) is 27.4. The van der Waals surface area contributed by atoms with Gasteiger partial charge in [0.25, 0.3) is 0 Å². The van der Waals surface area contributed by atoms with Crippen molar-refractivity contribution < 1.29 is 34.5 Å². The number of carbonyl (C=O) groups is 4. The average molecular weight is 527 g/mol. The number of rotatable bonds is 10. The summed E-state index contributed by atoms with van der Waals surface area (Å²) in [5.74, 6) is -2.80. The molecule has 1 heterocycles. The molecule has 1 aromatic carbocycles. The second-order valence-electron chi connectivity index (χ2n) is 10.5. The molecule has 0 saturated heterocycles. The number of aromatic amines is 1. The van der Waals surface area contributed by atoms with Gasteiger partial charge in [0, 0.05) is 41.9 Å². The fourth-order valence-corrected chi connectivity index (χ4v) is 5.70. The normalized spacial score (nSPS) is 23.4. The van der Waals surface area contributed by atoms with E-state index in [1.165, 1.54) is 6.08 Å². The van der Waals surface area contributed by atoms with E-state index in [1.54, 1.807) is 6.20 Å². The molecule has 1 fully saturated rings. The highest BCUT2D eigenvalue weighted by Crippen LogP contribution is 2.44. The van der Waals surface area contributed by atoms with E-state index in [4.69, 9.17) is 5.73 Å². The Kier molecular flexibility index (Phi) is 8.17. The molecular formula is C27H34N4O7. The van der Waals surface area contributed by atoms with Crippen molar-refractivity contribution in [2.75, 3.05) is 0 Å². The molecule has 0 spiro atoms. The number of amides is 3. The molecule has 4 atom stereocenters. The number of carboxylic acids is 1. The lowest BCUT2D eigenvalue weighted by Crippen LogP contribution is -2.52. The predicted molar refractivity (Wildman–Crippen MR) is 138 cm³/mol. The summed E-state index contributed by atoms with van der Waals surface area (Å²) in [5.41, 5.74) is 6.70. The van der Waals surface area contributed by atoms with Gasteiger partial charge in [-0.2, -0.15) is 0 Å². The van der Waals surface area contributed by atoms with Crippen LogP contribution in [0.4, 0.5) is 0 Å². The molecule has 2 aliphatic rings. The highest BCUT2D eigenvalue weighted by atomic mass is 16.4. The van der Waals surface area contributed by atoms with Crippen molar-refractivity contribution in [1.82, 2.24) is 15.6 Å². The first-order valence-electron chi connectivity index (χ1n) is 12.8. The van der Waals surface area contributed by atoms with E-state index in [9.17, 15) is 34.5 Å². The number of aliphatic hydroxyl groups is 2. The maximum atomic E-state index is 13.1. The molecule has 2 aliphatic carbocycles. The monoisotopic (exact) mass is 526 g/mol. The van der Waals surface area contributed by atoms with Crippen molar-refractivity contribution in [3.05, 3.63) is 47.7 Å². The Balaban J connectivity index is 1.45. The number of benzene rings is 1. The van der Waals surface area contributed by atoms with Crippen LogP contribution in [0.15, 0.2) is 42.1 Å². The van der Waals surface area contributed by atoms with Gasteiger partial charge in [0.05, 0.1) is 18.6 Å². The first-order chi connectivity index (χ1) is 18.1. The zero-order valence-electron chi connectivity index (χ0n) is 21.0. The Bertz CT molecular complexity index is 1250. The minimum Gasteiger partial charge on any atom is -0.481 e. The maximum absolute atomic E-state index is 13.1. The third-order valence-electron chi connectivity index (χ3n) is 7.66. The second-order valence-corrected chi connectivity index (χ2v) is 10.5. The molecule has 1 saturated carbocycles. The lowest BCUT2D eigenvalue weighted by molar-refractivity contribution is -0.140. The molecule has 11 heteroatoms. The highest BCUT2D eigenvalue weighted by molar-refractivity contribution is 5.97. The van der Waals surface area contributed by atoms with Gasteiger partial charge in [-0.15, -0.1) is 0 Å². The molecule has 204 valence electrons. The fraction of sp³-hybridized carbons (Fsp3) is 0.481. The number of H-pyrrole nitrogens is 1. The van der Waals surface area contributed by atoms with Gasteiger partial charge in [-0.1, -0.05) is 37.1 Å². The van der Waals surface area contributed by atoms with Gasteiger partial charge in [0.1, 0.15) is 12.1 Å². The van der Waals surface area contributed by atoms with Gasteiger partial charge in [0.15, 0.2) is 0 Å². The number of carbonyl (C=O) groups excluding carboxylic acids is 3. The zero-order valence-corrected chi connectivity index (χ0v) is 21.0. The lowest BCUT2D eigenvalue weighted by atomic mass is 9.79. The first kappa shape index (κ1) is 27.3. The van der Waals surface area contributed by atoms with E-state index in [-0.39, 0.29) is 31.3 Å². The summed E-state index contributed by atoms with van der Waals surface area (Å²) >= 11 is 0. The number of nitrogens with one attached hydrogen (secondary N) is 3. The molecule has 11 nitrogen and oxygen atoms in total. The molecule has 2 aromatic rings. The van der Waals surface area contributed by atoms with Crippen molar-refractivity contribution in [1.29, 1.82) is 0 Å². The Morgan fingerprint density at radius 2 is 1.82 bits per heavy atom. The Morgan fingerprint density at radius 3 is 2.50 bits per heavy atom. The number of primary amides is 1. The third-order valence-corrected chi connectivity index (χ3v) is 7.66. The highest BCUT2D eigenvalue weighted by Gasteiger charge is 2.40. The van der Waals surface area contributed by atoms with E-state index >= 15 is 0 Å². The average Bonchev–Trinajstić information content (AvgIpc) is 3.47. The summed E-state index contributed by atoms with van der Waals surface area (Å²) in [6.07, 6.45) is 3.19. The molecule has 1 aromatic heterocycles. The number of hydrogen-bond acceptors (Lipinski definition) is 6. The van der Waals surface area contributed by atoms with Crippen LogP contribution in [0.2, 0.25) is 0 Å². The van der Waals surface area contributed by atoms with Gasteiger partial charge in [-0.25, -0.2) is 0 Å². The smallest absolute Gasteiger partial charge is 0.303 e. The van der Waals surface area contributed by atoms with E-state index in [0.717, 1.165) is 29.3 Å². The minimum absolute atomic E-state index is 0.0254. The quantitative estimate of drug-likeness (QED) is 0.236. The van der Waals surface area contributed by atoms with Gasteiger partial charge >= 0.3 is 5.97 Å². The fourth-order valence-electron chi connectivity index (χ4n) is 5.70. The van der Waals surface area contributed by atoms with E-state index < -0.39 is 53.4 Å². The summed E-state index contributed by atoms with van der Waals surface area (Å²) in [4.78, 5) is 52.5. The summed E-state index contributed by atoms with van der Waals surface area (Å²) in [6, 6.07) is 5.43. The predicted octanol–water partition coefficient (Wildman–Crippen LogP) is 0.642. The van der Waals surface area contributed by atoms with Gasteiger partial charge < -0.3 is 36.7 Å².